The number of unbranched alkanes of at least 4 members (excludes halogenated alkanes) is 6. The van der Waals surface area contributed by atoms with Crippen LogP contribution in [0.4, 0.5) is 4.39 Å². The second-order valence-electron chi connectivity index (χ2n) is 8.66. The SMILES string of the molecule is CCCCCCCCCC(=O)NCC(=O)N/N=C\c1cn(-c2ccccc2)nc1-c1ccc(F)cc1. The van der Waals surface area contributed by atoms with Gasteiger partial charge in [0.1, 0.15) is 11.5 Å². The van der Waals surface area contributed by atoms with Crippen molar-refractivity contribution in [2.45, 2.75) is 58.3 Å². The Morgan fingerprint density at radius 1 is 0.944 bits per heavy atom. The van der Waals surface area contributed by atoms with E-state index in [4.69, 9.17) is 0 Å². The van der Waals surface area contributed by atoms with Gasteiger partial charge in [-0.05, 0) is 42.8 Å². The topological polar surface area (TPSA) is 88.4 Å². The molecular weight excluding hydrogens is 457 g/mol. The molecule has 2 N–H and O–H groups in total. The van der Waals surface area contributed by atoms with Crippen molar-refractivity contribution in [1.82, 2.24) is 20.5 Å². The summed E-state index contributed by atoms with van der Waals surface area (Å²) in [5.74, 6) is -0.888. The zero-order chi connectivity index (χ0) is 25.6. The molecular formula is C28H34FN5O2. The molecule has 0 aliphatic carbocycles. The molecule has 0 atom stereocenters. The van der Waals surface area contributed by atoms with E-state index in [0.29, 0.717) is 17.7 Å². The van der Waals surface area contributed by atoms with Crippen LogP contribution in [-0.4, -0.2) is 34.4 Å². The van der Waals surface area contributed by atoms with Gasteiger partial charge in [0.2, 0.25) is 5.91 Å². The predicted molar refractivity (Wildman–Crippen MR) is 140 cm³/mol. The Kier molecular flexibility index (Phi) is 10.8. The fourth-order valence-electron chi connectivity index (χ4n) is 3.75. The van der Waals surface area contributed by atoms with Crippen LogP contribution in [0, 0.1) is 5.82 Å². The molecule has 1 heterocycles. The van der Waals surface area contributed by atoms with Crippen LogP contribution in [0.1, 0.15) is 63.9 Å². The van der Waals surface area contributed by atoms with Crippen LogP contribution in [0.3, 0.4) is 0 Å². The molecule has 0 radical (unpaired) electrons. The van der Waals surface area contributed by atoms with E-state index in [9.17, 15) is 14.0 Å². The van der Waals surface area contributed by atoms with Gasteiger partial charge in [0.25, 0.3) is 5.91 Å². The van der Waals surface area contributed by atoms with Gasteiger partial charge >= 0.3 is 0 Å². The zero-order valence-corrected chi connectivity index (χ0v) is 20.8. The average Bonchev–Trinajstić information content (AvgIpc) is 3.32. The monoisotopic (exact) mass is 491 g/mol. The molecule has 0 bridgehead atoms. The fraction of sp³-hybridized carbons (Fsp3) is 0.357. The number of para-hydroxylation sites is 1. The first-order valence-corrected chi connectivity index (χ1v) is 12.6. The molecule has 2 amide bonds. The van der Waals surface area contributed by atoms with Crippen LogP contribution in [0.25, 0.3) is 16.9 Å². The minimum Gasteiger partial charge on any atom is -0.347 e. The summed E-state index contributed by atoms with van der Waals surface area (Å²) in [6.45, 7) is 2.05. The number of carbonyl (C=O) groups excluding carboxylic acids is 2. The Balaban J connectivity index is 1.52. The number of rotatable bonds is 14. The number of aromatic nitrogens is 2. The molecule has 0 unspecified atom stereocenters. The van der Waals surface area contributed by atoms with E-state index in [1.807, 2.05) is 30.3 Å². The highest BCUT2D eigenvalue weighted by Gasteiger charge is 2.12. The average molecular weight is 492 g/mol. The molecule has 3 rings (SSSR count). The lowest BCUT2D eigenvalue weighted by molar-refractivity contribution is -0.126. The van der Waals surface area contributed by atoms with Crippen LogP contribution in [0.15, 0.2) is 65.9 Å². The largest absolute Gasteiger partial charge is 0.347 e. The highest BCUT2D eigenvalue weighted by atomic mass is 19.1. The van der Waals surface area contributed by atoms with Gasteiger partial charge in [0.15, 0.2) is 0 Å². The number of hydrogen-bond donors (Lipinski definition) is 2. The van der Waals surface area contributed by atoms with Gasteiger partial charge in [-0.25, -0.2) is 14.5 Å². The maximum Gasteiger partial charge on any atom is 0.259 e. The highest BCUT2D eigenvalue weighted by Crippen LogP contribution is 2.23. The van der Waals surface area contributed by atoms with Gasteiger partial charge in [0, 0.05) is 23.7 Å². The van der Waals surface area contributed by atoms with Crippen molar-refractivity contribution in [2.75, 3.05) is 6.54 Å². The molecule has 190 valence electrons. The predicted octanol–water partition coefficient (Wildman–Crippen LogP) is 5.39. The summed E-state index contributed by atoms with van der Waals surface area (Å²) in [7, 11) is 0. The first kappa shape index (κ1) is 26.8. The van der Waals surface area contributed by atoms with E-state index in [2.05, 4.69) is 27.9 Å². The number of nitrogens with zero attached hydrogens (tertiary/aromatic N) is 3. The van der Waals surface area contributed by atoms with E-state index < -0.39 is 5.91 Å². The molecule has 36 heavy (non-hydrogen) atoms. The molecule has 0 fully saturated rings. The maximum atomic E-state index is 13.4. The van der Waals surface area contributed by atoms with Gasteiger partial charge in [-0.1, -0.05) is 63.6 Å². The van der Waals surface area contributed by atoms with Crippen molar-refractivity contribution in [2.24, 2.45) is 5.10 Å². The Hall–Kier alpha value is -3.81. The van der Waals surface area contributed by atoms with Gasteiger partial charge in [-0.3, -0.25) is 9.59 Å². The molecule has 0 saturated heterocycles. The fourth-order valence-corrected chi connectivity index (χ4v) is 3.75. The number of benzene rings is 2. The summed E-state index contributed by atoms with van der Waals surface area (Å²) in [6.07, 6.45) is 11.6. The van der Waals surface area contributed by atoms with Gasteiger partial charge in [0.05, 0.1) is 18.4 Å². The molecule has 0 spiro atoms. The van der Waals surface area contributed by atoms with Crippen molar-refractivity contribution >= 4 is 18.0 Å². The molecule has 1 aromatic heterocycles. The van der Waals surface area contributed by atoms with E-state index in [1.54, 1.807) is 23.0 Å². The van der Waals surface area contributed by atoms with E-state index >= 15 is 0 Å². The third-order valence-electron chi connectivity index (χ3n) is 5.73. The summed E-state index contributed by atoms with van der Waals surface area (Å²) in [5, 5.41) is 11.3. The van der Waals surface area contributed by atoms with Crippen LogP contribution < -0.4 is 10.7 Å². The van der Waals surface area contributed by atoms with Crippen molar-refractivity contribution in [3.63, 3.8) is 0 Å². The quantitative estimate of drug-likeness (QED) is 0.180. The van der Waals surface area contributed by atoms with Gasteiger partial charge in [-0.2, -0.15) is 10.2 Å². The summed E-state index contributed by atoms with van der Waals surface area (Å²) in [4.78, 5) is 24.1. The summed E-state index contributed by atoms with van der Waals surface area (Å²) >= 11 is 0. The zero-order valence-electron chi connectivity index (χ0n) is 20.8. The number of hydrazone groups is 1. The minimum atomic E-state index is -0.419. The first-order chi connectivity index (χ1) is 17.6. The van der Waals surface area contributed by atoms with Crippen molar-refractivity contribution in [3.8, 4) is 16.9 Å². The van der Waals surface area contributed by atoms with Gasteiger partial charge in [-0.15, -0.1) is 0 Å². The number of hydrogen-bond acceptors (Lipinski definition) is 4. The minimum absolute atomic E-state index is 0.134. The Labute approximate surface area is 211 Å². The molecule has 8 heteroatoms. The van der Waals surface area contributed by atoms with E-state index in [0.717, 1.165) is 30.5 Å². The summed E-state index contributed by atoms with van der Waals surface area (Å²) in [6, 6.07) is 15.6. The second kappa shape index (κ2) is 14.6. The Morgan fingerprint density at radius 3 is 2.36 bits per heavy atom. The van der Waals surface area contributed by atoms with Crippen molar-refractivity contribution < 1.29 is 14.0 Å². The molecule has 2 aromatic carbocycles. The lowest BCUT2D eigenvalue weighted by Crippen LogP contribution is -2.34. The first-order valence-electron chi connectivity index (χ1n) is 12.6. The number of carbonyl (C=O) groups is 2. The van der Waals surface area contributed by atoms with Crippen LogP contribution in [-0.2, 0) is 9.59 Å². The molecule has 7 nitrogen and oxygen atoms in total. The second-order valence-corrected chi connectivity index (χ2v) is 8.66. The molecule has 0 aliphatic rings. The number of nitrogens with one attached hydrogen (secondary N) is 2. The Morgan fingerprint density at radius 2 is 1.64 bits per heavy atom. The summed E-state index contributed by atoms with van der Waals surface area (Å²) < 4.78 is 15.1. The highest BCUT2D eigenvalue weighted by molar-refractivity contribution is 5.90. The molecule has 0 aliphatic heterocycles. The van der Waals surface area contributed by atoms with Crippen molar-refractivity contribution in [3.05, 3.63) is 72.2 Å². The third-order valence-corrected chi connectivity index (χ3v) is 5.73. The van der Waals surface area contributed by atoms with E-state index in [1.165, 1.54) is 44.0 Å². The molecule has 0 saturated carbocycles. The number of amides is 2. The normalized spacial score (nSPS) is 11.1. The lowest BCUT2D eigenvalue weighted by Gasteiger charge is -2.04. The third kappa shape index (κ3) is 8.76. The summed E-state index contributed by atoms with van der Waals surface area (Å²) in [5.41, 5.74) is 5.26. The smallest absolute Gasteiger partial charge is 0.259 e. The van der Waals surface area contributed by atoms with E-state index in [-0.39, 0.29) is 18.3 Å². The lowest BCUT2D eigenvalue weighted by atomic mass is 10.1. The maximum absolute atomic E-state index is 13.4. The van der Waals surface area contributed by atoms with Crippen LogP contribution in [0.5, 0.6) is 0 Å². The molecule has 3 aromatic rings. The van der Waals surface area contributed by atoms with Crippen molar-refractivity contribution in [1.29, 1.82) is 0 Å². The number of halogens is 1. The van der Waals surface area contributed by atoms with Gasteiger partial charge < -0.3 is 5.32 Å². The standard InChI is InChI=1S/C28H34FN5O2/c1-2-3-4-5-6-7-11-14-26(35)30-20-27(36)32-31-19-23-21-34(25-12-9-8-10-13-25)33-28(23)22-15-17-24(29)18-16-22/h8-10,12-13,15-19,21H,2-7,11,14,20H2,1H3,(H,30,35)(H,32,36)/b31-19-. The van der Waals surface area contributed by atoms with Crippen LogP contribution >= 0.6 is 0 Å². The Bertz CT molecular complexity index is 1130. The van der Waals surface area contributed by atoms with Crippen LogP contribution in [0.2, 0.25) is 0 Å².